The summed E-state index contributed by atoms with van der Waals surface area (Å²) in [5.41, 5.74) is 3.78. The number of benzene rings is 3. The summed E-state index contributed by atoms with van der Waals surface area (Å²) in [4.78, 5) is 26.3. The molecule has 0 radical (unpaired) electrons. The van der Waals surface area contributed by atoms with Gasteiger partial charge in [-0.1, -0.05) is 111 Å². The van der Waals surface area contributed by atoms with E-state index in [1.807, 2.05) is 91.9 Å². The SMILES string of the molecule is CC1=Cc2cccc(C(C)(C)C)c2C1(C(Cc1ccccc1)C(=O)O)C(Cc1ccccc1)C(=O)O. The Labute approximate surface area is 213 Å². The van der Waals surface area contributed by atoms with Gasteiger partial charge in [0, 0.05) is 5.41 Å². The van der Waals surface area contributed by atoms with Crippen molar-refractivity contribution in [1.82, 2.24) is 0 Å². The van der Waals surface area contributed by atoms with Crippen molar-refractivity contribution in [3.05, 3.63) is 112 Å². The van der Waals surface area contributed by atoms with Crippen molar-refractivity contribution in [3.63, 3.8) is 0 Å². The summed E-state index contributed by atoms with van der Waals surface area (Å²) >= 11 is 0. The van der Waals surface area contributed by atoms with E-state index in [4.69, 9.17) is 0 Å². The van der Waals surface area contributed by atoms with Gasteiger partial charge in [-0.2, -0.15) is 0 Å². The summed E-state index contributed by atoms with van der Waals surface area (Å²) in [6, 6.07) is 25.1. The first-order valence-electron chi connectivity index (χ1n) is 12.4. The Hall–Kier alpha value is -3.66. The van der Waals surface area contributed by atoms with Crippen LogP contribution < -0.4 is 0 Å². The maximum atomic E-state index is 13.2. The molecule has 2 atom stereocenters. The number of carboxylic acid groups (broad SMARTS) is 2. The van der Waals surface area contributed by atoms with Gasteiger partial charge in [0.2, 0.25) is 0 Å². The van der Waals surface area contributed by atoms with E-state index < -0.39 is 29.2 Å². The fraction of sp³-hybridized carbons (Fsp3) is 0.312. The van der Waals surface area contributed by atoms with Crippen molar-refractivity contribution in [2.75, 3.05) is 0 Å². The standard InChI is InChI=1S/C32H34O4/c1-21-18-24-16-11-17-25(31(2,3)4)28(24)32(21,26(29(33)34)19-22-12-7-5-8-13-22)27(30(35)36)20-23-14-9-6-10-15-23/h5-18,26-27H,19-20H2,1-4H3,(H,33,34)(H,35,36). The summed E-state index contributed by atoms with van der Waals surface area (Å²) < 4.78 is 0. The summed E-state index contributed by atoms with van der Waals surface area (Å²) in [5.74, 6) is -3.90. The molecule has 0 amide bonds. The molecule has 3 aromatic rings. The number of hydrogen-bond donors (Lipinski definition) is 2. The number of hydrogen-bond acceptors (Lipinski definition) is 2. The zero-order valence-corrected chi connectivity index (χ0v) is 21.4. The van der Waals surface area contributed by atoms with Gasteiger partial charge in [0.1, 0.15) is 0 Å². The molecular weight excluding hydrogens is 448 g/mol. The smallest absolute Gasteiger partial charge is 0.308 e. The first kappa shape index (κ1) is 25.4. The van der Waals surface area contributed by atoms with Gasteiger partial charge in [0.25, 0.3) is 0 Å². The molecule has 0 heterocycles. The minimum atomic E-state index is -1.22. The van der Waals surface area contributed by atoms with Crippen molar-refractivity contribution in [3.8, 4) is 0 Å². The van der Waals surface area contributed by atoms with Gasteiger partial charge < -0.3 is 10.2 Å². The van der Waals surface area contributed by atoms with E-state index in [1.54, 1.807) is 0 Å². The predicted octanol–water partition coefficient (Wildman–Crippen LogP) is 6.53. The minimum absolute atomic E-state index is 0.234. The second-order valence-corrected chi connectivity index (χ2v) is 10.9. The molecule has 4 nitrogen and oxygen atoms in total. The van der Waals surface area contributed by atoms with Crippen LogP contribution in [0.3, 0.4) is 0 Å². The molecule has 2 unspecified atom stereocenters. The van der Waals surface area contributed by atoms with E-state index in [-0.39, 0.29) is 18.3 Å². The minimum Gasteiger partial charge on any atom is -0.481 e. The predicted molar refractivity (Wildman–Crippen MR) is 143 cm³/mol. The fourth-order valence-electron chi connectivity index (χ4n) is 6.05. The number of fused-ring (bicyclic) bond motifs is 1. The van der Waals surface area contributed by atoms with Crippen LogP contribution in [0.1, 0.15) is 55.5 Å². The number of rotatable bonds is 8. The third-order valence-electron chi connectivity index (χ3n) is 7.60. The van der Waals surface area contributed by atoms with Gasteiger partial charge in [0.05, 0.1) is 11.8 Å². The Kier molecular flexibility index (Phi) is 6.90. The molecule has 1 aliphatic carbocycles. The Morgan fingerprint density at radius 2 is 1.22 bits per heavy atom. The molecule has 4 rings (SSSR count). The molecule has 0 saturated heterocycles. The molecule has 3 aromatic carbocycles. The van der Waals surface area contributed by atoms with Crippen molar-refractivity contribution in [2.24, 2.45) is 11.8 Å². The molecule has 186 valence electrons. The lowest BCUT2D eigenvalue weighted by molar-refractivity contribution is -0.150. The first-order valence-corrected chi connectivity index (χ1v) is 12.4. The lowest BCUT2D eigenvalue weighted by atomic mass is 9.56. The Morgan fingerprint density at radius 1 is 0.750 bits per heavy atom. The largest absolute Gasteiger partial charge is 0.481 e. The zero-order chi connectivity index (χ0) is 26.1. The van der Waals surface area contributed by atoms with Crippen LogP contribution in [0.25, 0.3) is 6.08 Å². The van der Waals surface area contributed by atoms with E-state index in [0.717, 1.165) is 33.4 Å². The molecule has 36 heavy (non-hydrogen) atoms. The third kappa shape index (κ3) is 4.48. The van der Waals surface area contributed by atoms with E-state index in [2.05, 4.69) is 20.8 Å². The molecular formula is C32H34O4. The quantitative estimate of drug-likeness (QED) is 0.383. The monoisotopic (exact) mass is 482 g/mol. The highest BCUT2D eigenvalue weighted by Gasteiger charge is 2.57. The Balaban J connectivity index is 2.05. The van der Waals surface area contributed by atoms with E-state index in [9.17, 15) is 19.8 Å². The molecule has 0 aromatic heterocycles. The lowest BCUT2D eigenvalue weighted by Gasteiger charge is -2.45. The number of carbonyl (C=O) groups is 2. The van der Waals surface area contributed by atoms with Gasteiger partial charge in [-0.25, -0.2) is 0 Å². The van der Waals surface area contributed by atoms with Crippen molar-refractivity contribution in [1.29, 1.82) is 0 Å². The third-order valence-corrected chi connectivity index (χ3v) is 7.60. The lowest BCUT2D eigenvalue weighted by Crippen LogP contribution is -2.51. The highest BCUT2D eigenvalue weighted by atomic mass is 16.4. The van der Waals surface area contributed by atoms with E-state index >= 15 is 0 Å². The van der Waals surface area contributed by atoms with Crippen LogP contribution in [0.5, 0.6) is 0 Å². The normalized spacial score (nSPS) is 18.7. The molecule has 0 fully saturated rings. The van der Waals surface area contributed by atoms with Gasteiger partial charge in [-0.3, -0.25) is 9.59 Å². The molecule has 0 bridgehead atoms. The highest BCUT2D eigenvalue weighted by molar-refractivity contribution is 5.86. The van der Waals surface area contributed by atoms with Crippen LogP contribution in [-0.2, 0) is 33.3 Å². The Bertz CT molecular complexity index is 1220. The Morgan fingerprint density at radius 3 is 1.64 bits per heavy atom. The number of allylic oxidation sites excluding steroid dienone is 1. The van der Waals surface area contributed by atoms with Gasteiger partial charge >= 0.3 is 11.9 Å². The molecule has 2 N–H and O–H groups in total. The average molecular weight is 483 g/mol. The van der Waals surface area contributed by atoms with Crippen LogP contribution in [0.15, 0.2) is 84.4 Å². The van der Waals surface area contributed by atoms with Crippen molar-refractivity contribution < 1.29 is 19.8 Å². The first-order chi connectivity index (χ1) is 17.1. The average Bonchev–Trinajstić information content (AvgIpc) is 3.13. The van der Waals surface area contributed by atoms with Crippen LogP contribution in [0.2, 0.25) is 0 Å². The molecule has 0 saturated carbocycles. The second-order valence-electron chi connectivity index (χ2n) is 10.9. The number of carboxylic acids is 2. The van der Waals surface area contributed by atoms with Crippen LogP contribution in [0.4, 0.5) is 0 Å². The van der Waals surface area contributed by atoms with Gasteiger partial charge in [0.15, 0.2) is 0 Å². The summed E-state index contributed by atoms with van der Waals surface area (Å²) in [7, 11) is 0. The zero-order valence-electron chi connectivity index (χ0n) is 21.4. The molecule has 0 aliphatic heterocycles. The fourth-order valence-corrected chi connectivity index (χ4v) is 6.05. The summed E-state index contributed by atoms with van der Waals surface area (Å²) in [6.07, 6.45) is 2.47. The topological polar surface area (TPSA) is 74.6 Å². The van der Waals surface area contributed by atoms with Crippen molar-refractivity contribution >= 4 is 18.0 Å². The van der Waals surface area contributed by atoms with E-state index in [1.165, 1.54) is 0 Å². The van der Waals surface area contributed by atoms with E-state index in [0.29, 0.717) is 0 Å². The maximum Gasteiger partial charge on any atom is 0.308 e. The highest BCUT2D eigenvalue weighted by Crippen LogP contribution is 2.56. The maximum absolute atomic E-state index is 13.2. The van der Waals surface area contributed by atoms with Crippen LogP contribution in [-0.4, -0.2) is 22.2 Å². The van der Waals surface area contributed by atoms with Gasteiger partial charge in [-0.15, -0.1) is 0 Å². The van der Waals surface area contributed by atoms with Crippen LogP contribution >= 0.6 is 0 Å². The van der Waals surface area contributed by atoms with Gasteiger partial charge in [-0.05, 0) is 53.0 Å². The molecule has 1 aliphatic rings. The summed E-state index contributed by atoms with van der Waals surface area (Å²) in [5, 5.41) is 21.5. The van der Waals surface area contributed by atoms with Crippen molar-refractivity contribution in [2.45, 2.75) is 51.4 Å². The number of aliphatic carboxylic acids is 2. The molecule has 4 heteroatoms. The second kappa shape index (κ2) is 9.77. The summed E-state index contributed by atoms with van der Waals surface area (Å²) in [6.45, 7) is 8.21. The van der Waals surface area contributed by atoms with Crippen LogP contribution in [0, 0.1) is 11.8 Å². The molecule has 0 spiro atoms.